The average Bonchev–Trinajstić information content (AvgIpc) is 3.32. The number of benzene rings is 2. The van der Waals surface area contributed by atoms with Crippen molar-refractivity contribution in [2.24, 2.45) is 12.8 Å². The molecule has 2 N–H and O–H groups in total. The number of hydrogen-bond acceptors (Lipinski definition) is 6. The molecule has 1 saturated carbocycles. The first-order valence-corrected chi connectivity index (χ1v) is 11.7. The first kappa shape index (κ1) is 26.7. The van der Waals surface area contributed by atoms with Gasteiger partial charge >= 0.3 is 12.3 Å². The Kier molecular flexibility index (Phi) is 6.20. The minimum atomic E-state index is -4.90. The lowest BCUT2D eigenvalue weighted by molar-refractivity contribution is -0.142. The Morgan fingerprint density at radius 1 is 1.18 bits per heavy atom. The van der Waals surface area contributed by atoms with Crippen molar-refractivity contribution in [3.63, 3.8) is 0 Å². The third kappa shape index (κ3) is 4.41. The van der Waals surface area contributed by atoms with Crippen LogP contribution in [0.3, 0.4) is 0 Å². The summed E-state index contributed by atoms with van der Waals surface area (Å²) in [5.41, 5.74) is 2.62. The van der Waals surface area contributed by atoms with E-state index in [-0.39, 0.29) is 42.1 Å². The first-order chi connectivity index (χ1) is 18.3. The zero-order valence-electron chi connectivity index (χ0n) is 20.3. The minimum Gasteiger partial charge on any atom is -0.439 e. The Hall–Kier alpha value is -3.94. The maximum Gasteiger partial charge on any atom is 0.416 e. The molecule has 5 rings (SSSR count). The van der Waals surface area contributed by atoms with Gasteiger partial charge < -0.3 is 10.5 Å². The molecule has 2 aliphatic rings. The third-order valence-corrected chi connectivity index (χ3v) is 7.24. The molecule has 1 aliphatic heterocycles. The quantitative estimate of drug-likeness (QED) is 0.348. The summed E-state index contributed by atoms with van der Waals surface area (Å²) in [4.78, 5) is 25.7. The van der Waals surface area contributed by atoms with Crippen molar-refractivity contribution in [3.8, 4) is 0 Å². The number of nitrogens with zero attached hydrogens (tertiary/aromatic N) is 4. The molecule has 14 heteroatoms. The topological polar surface area (TPSA) is 103 Å². The highest BCUT2D eigenvalue weighted by atomic mass is 19.4. The predicted octanol–water partition coefficient (Wildman–Crippen LogP) is 4.17. The first-order valence-electron chi connectivity index (χ1n) is 11.7. The van der Waals surface area contributed by atoms with E-state index in [9.17, 15) is 35.9 Å². The highest BCUT2D eigenvalue weighted by Gasteiger charge is 2.58. The number of nitrogens with two attached hydrogens (primary N) is 1. The monoisotopic (exact) mass is 553 g/mol. The summed E-state index contributed by atoms with van der Waals surface area (Å²) in [7, 11) is 1.35. The van der Waals surface area contributed by atoms with Gasteiger partial charge in [0.2, 0.25) is 12.2 Å². The Balaban J connectivity index is 1.60. The van der Waals surface area contributed by atoms with Gasteiger partial charge in [-0.05, 0) is 35.4 Å². The standard InChI is InChI=1S/C25H21F6N5O3/c1-35-18(33-34-22(35)26)8-23(10-24(27,28)11-23)14-3-2-4-15(7-14)36-20(38)16-5-13(9-32)6-17(25(29,30)31)19(16)21(36)39-12-37/h2-7,12,21H,8-11,32H2,1H3/t21-/m1/s1. The number of amides is 1. The van der Waals surface area contributed by atoms with Crippen LogP contribution in [0.25, 0.3) is 0 Å². The Bertz CT molecular complexity index is 1460. The van der Waals surface area contributed by atoms with Gasteiger partial charge in [-0.25, -0.2) is 8.78 Å². The maximum absolute atomic E-state index is 14.2. The molecule has 3 aromatic rings. The highest BCUT2D eigenvalue weighted by molar-refractivity contribution is 6.11. The van der Waals surface area contributed by atoms with Gasteiger partial charge in [0, 0.05) is 55.1 Å². The molecule has 1 aromatic heterocycles. The molecule has 0 spiro atoms. The summed E-state index contributed by atoms with van der Waals surface area (Å²) in [6, 6.07) is 7.74. The van der Waals surface area contributed by atoms with Crippen molar-refractivity contribution >= 4 is 18.1 Å². The predicted molar refractivity (Wildman–Crippen MR) is 123 cm³/mol. The van der Waals surface area contributed by atoms with E-state index in [1.807, 2.05) is 0 Å². The highest BCUT2D eigenvalue weighted by Crippen LogP contribution is 2.56. The van der Waals surface area contributed by atoms with Gasteiger partial charge in [-0.15, -0.1) is 5.10 Å². The van der Waals surface area contributed by atoms with Gasteiger partial charge in [0.1, 0.15) is 5.82 Å². The Morgan fingerprint density at radius 3 is 2.46 bits per heavy atom. The number of carbonyl (C=O) groups is 2. The third-order valence-electron chi connectivity index (χ3n) is 7.24. The van der Waals surface area contributed by atoms with Crippen LogP contribution >= 0.6 is 0 Å². The van der Waals surface area contributed by atoms with Gasteiger partial charge in [0.25, 0.3) is 12.4 Å². The summed E-state index contributed by atoms with van der Waals surface area (Å²) < 4.78 is 90.2. The molecule has 2 aromatic carbocycles. The number of alkyl halides is 5. The maximum atomic E-state index is 14.2. The van der Waals surface area contributed by atoms with E-state index in [0.29, 0.717) is 5.56 Å². The average molecular weight is 553 g/mol. The van der Waals surface area contributed by atoms with Gasteiger partial charge in [-0.1, -0.05) is 17.2 Å². The van der Waals surface area contributed by atoms with E-state index in [4.69, 9.17) is 10.5 Å². The van der Waals surface area contributed by atoms with Crippen LogP contribution < -0.4 is 10.6 Å². The second-order valence-corrected chi connectivity index (χ2v) is 9.73. The normalized spacial score (nSPS) is 19.5. The smallest absolute Gasteiger partial charge is 0.416 e. The number of anilines is 1. The molecule has 0 unspecified atom stereocenters. The van der Waals surface area contributed by atoms with E-state index in [1.165, 1.54) is 37.4 Å². The lowest BCUT2D eigenvalue weighted by Gasteiger charge is -2.48. The molecular formula is C25H21F6N5O3. The fraction of sp³-hybridized carbons (Fsp3) is 0.360. The van der Waals surface area contributed by atoms with Crippen LogP contribution in [-0.4, -0.2) is 33.1 Å². The zero-order valence-corrected chi connectivity index (χ0v) is 20.3. The van der Waals surface area contributed by atoms with E-state index >= 15 is 0 Å². The van der Waals surface area contributed by atoms with Crippen molar-refractivity contribution < 1.29 is 40.7 Å². The second kappa shape index (κ2) is 9.07. The van der Waals surface area contributed by atoms with Crippen LogP contribution in [0, 0.1) is 6.08 Å². The molecule has 2 heterocycles. The van der Waals surface area contributed by atoms with Gasteiger partial charge in [-0.3, -0.25) is 19.1 Å². The molecule has 8 nitrogen and oxygen atoms in total. The van der Waals surface area contributed by atoms with Crippen LogP contribution in [0.2, 0.25) is 0 Å². The van der Waals surface area contributed by atoms with Gasteiger partial charge in [0.05, 0.1) is 5.56 Å². The number of fused-ring (bicyclic) bond motifs is 1. The fourth-order valence-corrected chi connectivity index (χ4v) is 5.46. The Morgan fingerprint density at radius 2 is 1.90 bits per heavy atom. The van der Waals surface area contributed by atoms with E-state index in [1.54, 1.807) is 0 Å². The fourth-order valence-electron chi connectivity index (χ4n) is 5.46. The summed E-state index contributed by atoms with van der Waals surface area (Å²) in [5.74, 6) is -3.79. The summed E-state index contributed by atoms with van der Waals surface area (Å²) in [5, 5.41) is 7.06. The Labute approximate surface area is 217 Å². The number of aromatic nitrogens is 3. The number of halogens is 6. The van der Waals surface area contributed by atoms with Crippen LogP contribution in [-0.2, 0) is 41.1 Å². The van der Waals surface area contributed by atoms with Crippen LogP contribution in [0.1, 0.15) is 57.5 Å². The lowest BCUT2D eigenvalue weighted by atomic mass is 9.60. The van der Waals surface area contributed by atoms with E-state index in [0.717, 1.165) is 15.5 Å². The van der Waals surface area contributed by atoms with Crippen molar-refractivity contribution in [1.29, 1.82) is 0 Å². The van der Waals surface area contributed by atoms with Crippen molar-refractivity contribution in [1.82, 2.24) is 14.8 Å². The summed E-state index contributed by atoms with van der Waals surface area (Å²) >= 11 is 0. The molecule has 206 valence electrons. The zero-order chi connectivity index (χ0) is 28.3. The molecule has 1 amide bonds. The van der Waals surface area contributed by atoms with Crippen molar-refractivity contribution in [2.45, 2.75) is 49.5 Å². The van der Waals surface area contributed by atoms with Crippen LogP contribution in [0.5, 0.6) is 0 Å². The van der Waals surface area contributed by atoms with E-state index < -0.39 is 59.7 Å². The van der Waals surface area contributed by atoms with Crippen LogP contribution in [0.15, 0.2) is 36.4 Å². The molecule has 0 bridgehead atoms. The summed E-state index contributed by atoms with van der Waals surface area (Å²) in [6.45, 7) is -0.352. The molecule has 1 atom stereocenters. The lowest BCUT2D eigenvalue weighted by Crippen LogP contribution is -2.51. The molecular weight excluding hydrogens is 532 g/mol. The molecule has 0 saturated heterocycles. The number of carbonyl (C=O) groups excluding carboxylic acids is 2. The van der Waals surface area contributed by atoms with Gasteiger partial charge in [0.15, 0.2) is 0 Å². The number of rotatable bonds is 7. The van der Waals surface area contributed by atoms with E-state index in [2.05, 4.69) is 10.2 Å². The molecule has 1 aliphatic carbocycles. The number of hydrogen-bond donors (Lipinski definition) is 1. The molecule has 1 fully saturated rings. The van der Waals surface area contributed by atoms with Gasteiger partial charge in [-0.2, -0.15) is 17.6 Å². The van der Waals surface area contributed by atoms with Crippen molar-refractivity contribution in [3.05, 3.63) is 76.1 Å². The number of ether oxygens (including phenoxy) is 1. The minimum absolute atomic E-state index is 0.0155. The van der Waals surface area contributed by atoms with Crippen LogP contribution in [0.4, 0.5) is 32.0 Å². The molecule has 0 radical (unpaired) electrons. The second-order valence-electron chi connectivity index (χ2n) is 9.73. The SMILES string of the molecule is Cn1c(F)nnc1CC1(c2cccc(N3C(=O)c4cc(CN)cc(C(F)(F)F)c4[C@H]3OC=O)c2)CC(F)(F)C1. The molecule has 39 heavy (non-hydrogen) atoms. The largest absolute Gasteiger partial charge is 0.439 e. The summed E-state index contributed by atoms with van der Waals surface area (Å²) in [6.07, 6.45) is -8.90. The van der Waals surface area contributed by atoms with Crippen molar-refractivity contribution in [2.75, 3.05) is 4.90 Å².